The van der Waals surface area contributed by atoms with Crippen LogP contribution in [0.4, 0.5) is 5.82 Å². The standard InChI is InChI=1S/C16H20ClN3/c1-4-20(11-14-5-7-18-8-6-14)16-15(10-17)12(2)9-13(3)19-16/h5-9H,4,10-11H2,1-3H3. The smallest absolute Gasteiger partial charge is 0.133 e. The van der Waals surface area contributed by atoms with Gasteiger partial charge >= 0.3 is 0 Å². The molecule has 2 rings (SSSR count). The molecule has 0 saturated heterocycles. The van der Waals surface area contributed by atoms with Crippen LogP contribution < -0.4 is 4.90 Å². The van der Waals surface area contributed by atoms with Gasteiger partial charge in [-0.05, 0) is 50.1 Å². The second kappa shape index (κ2) is 6.71. The molecule has 0 atom stereocenters. The normalized spacial score (nSPS) is 10.6. The van der Waals surface area contributed by atoms with Crippen molar-refractivity contribution >= 4 is 17.4 Å². The number of nitrogens with zero attached hydrogens (tertiary/aromatic N) is 3. The van der Waals surface area contributed by atoms with E-state index in [-0.39, 0.29) is 0 Å². The van der Waals surface area contributed by atoms with Crippen LogP contribution in [0.25, 0.3) is 0 Å². The van der Waals surface area contributed by atoms with Crippen LogP contribution in [-0.2, 0) is 12.4 Å². The first-order valence-electron chi connectivity index (χ1n) is 6.82. The van der Waals surface area contributed by atoms with Crippen molar-refractivity contribution in [2.24, 2.45) is 0 Å². The molecule has 0 aliphatic rings. The highest BCUT2D eigenvalue weighted by Gasteiger charge is 2.14. The fraction of sp³-hybridized carbons (Fsp3) is 0.375. The number of anilines is 1. The van der Waals surface area contributed by atoms with Crippen LogP contribution in [0, 0.1) is 13.8 Å². The lowest BCUT2D eigenvalue weighted by Crippen LogP contribution is -2.25. The number of aromatic nitrogens is 2. The molecular formula is C16H20ClN3. The summed E-state index contributed by atoms with van der Waals surface area (Å²) < 4.78 is 0. The Morgan fingerprint density at radius 2 is 1.90 bits per heavy atom. The van der Waals surface area contributed by atoms with Gasteiger partial charge in [-0.2, -0.15) is 0 Å². The van der Waals surface area contributed by atoms with E-state index in [1.54, 1.807) is 0 Å². The predicted molar refractivity (Wildman–Crippen MR) is 84.2 cm³/mol. The van der Waals surface area contributed by atoms with Crippen LogP contribution in [0.5, 0.6) is 0 Å². The Labute approximate surface area is 125 Å². The molecule has 0 radical (unpaired) electrons. The maximum absolute atomic E-state index is 6.12. The molecule has 0 spiro atoms. The van der Waals surface area contributed by atoms with E-state index >= 15 is 0 Å². The molecule has 0 saturated carbocycles. The number of alkyl halides is 1. The quantitative estimate of drug-likeness (QED) is 0.783. The van der Waals surface area contributed by atoms with Gasteiger partial charge in [0.15, 0.2) is 0 Å². The van der Waals surface area contributed by atoms with Gasteiger partial charge < -0.3 is 4.90 Å². The number of halogens is 1. The lowest BCUT2D eigenvalue weighted by Gasteiger charge is -2.25. The molecule has 0 amide bonds. The van der Waals surface area contributed by atoms with Crippen LogP contribution in [0.1, 0.15) is 29.3 Å². The average molecular weight is 290 g/mol. The minimum absolute atomic E-state index is 0.487. The number of pyridine rings is 2. The molecule has 0 unspecified atom stereocenters. The number of aryl methyl sites for hydroxylation is 2. The Morgan fingerprint density at radius 1 is 1.20 bits per heavy atom. The molecule has 0 fully saturated rings. The monoisotopic (exact) mass is 289 g/mol. The zero-order chi connectivity index (χ0) is 14.5. The third kappa shape index (κ3) is 3.28. The van der Waals surface area contributed by atoms with Gasteiger partial charge in [0.2, 0.25) is 0 Å². The maximum atomic E-state index is 6.12. The van der Waals surface area contributed by atoms with Crippen LogP contribution in [0.2, 0.25) is 0 Å². The summed E-state index contributed by atoms with van der Waals surface area (Å²) in [4.78, 5) is 11.0. The zero-order valence-electron chi connectivity index (χ0n) is 12.2. The van der Waals surface area contributed by atoms with Crippen molar-refractivity contribution in [3.63, 3.8) is 0 Å². The first kappa shape index (κ1) is 14.8. The van der Waals surface area contributed by atoms with Gasteiger partial charge in [0.05, 0.1) is 5.88 Å². The summed E-state index contributed by atoms with van der Waals surface area (Å²) in [5.41, 5.74) is 4.58. The Hall–Kier alpha value is -1.61. The molecule has 3 nitrogen and oxygen atoms in total. The highest BCUT2D eigenvalue weighted by atomic mass is 35.5. The summed E-state index contributed by atoms with van der Waals surface area (Å²) in [5.74, 6) is 1.48. The van der Waals surface area contributed by atoms with Crippen LogP contribution >= 0.6 is 11.6 Å². The van der Waals surface area contributed by atoms with Crippen molar-refractivity contribution in [2.75, 3.05) is 11.4 Å². The summed E-state index contributed by atoms with van der Waals surface area (Å²) in [7, 11) is 0. The maximum Gasteiger partial charge on any atom is 0.133 e. The molecule has 0 bridgehead atoms. The van der Waals surface area contributed by atoms with E-state index in [0.29, 0.717) is 5.88 Å². The van der Waals surface area contributed by atoms with Gasteiger partial charge in [0.25, 0.3) is 0 Å². The lowest BCUT2D eigenvalue weighted by molar-refractivity contribution is 0.801. The first-order chi connectivity index (χ1) is 9.65. The summed E-state index contributed by atoms with van der Waals surface area (Å²) in [6, 6.07) is 6.15. The Kier molecular flexibility index (Phi) is 4.96. The van der Waals surface area contributed by atoms with Crippen molar-refractivity contribution in [3.8, 4) is 0 Å². The van der Waals surface area contributed by atoms with Gasteiger partial charge in [-0.15, -0.1) is 11.6 Å². The second-order valence-electron chi connectivity index (χ2n) is 4.89. The molecule has 0 aliphatic carbocycles. The molecule has 4 heteroatoms. The van der Waals surface area contributed by atoms with E-state index in [1.165, 1.54) is 11.1 Å². The molecule has 2 aromatic heterocycles. The minimum Gasteiger partial charge on any atom is -0.352 e. The van der Waals surface area contributed by atoms with Crippen molar-refractivity contribution in [2.45, 2.75) is 33.2 Å². The lowest BCUT2D eigenvalue weighted by atomic mass is 10.1. The van der Waals surface area contributed by atoms with Gasteiger partial charge in [-0.3, -0.25) is 4.98 Å². The molecule has 0 N–H and O–H groups in total. The molecule has 0 aromatic carbocycles. The number of hydrogen-bond acceptors (Lipinski definition) is 3. The van der Waals surface area contributed by atoms with E-state index < -0.39 is 0 Å². The highest BCUT2D eigenvalue weighted by molar-refractivity contribution is 6.17. The average Bonchev–Trinajstić information content (AvgIpc) is 2.45. The fourth-order valence-electron chi connectivity index (χ4n) is 2.32. The van der Waals surface area contributed by atoms with Gasteiger partial charge in [-0.1, -0.05) is 0 Å². The third-order valence-corrected chi connectivity index (χ3v) is 3.66. The van der Waals surface area contributed by atoms with E-state index in [2.05, 4.69) is 29.8 Å². The van der Waals surface area contributed by atoms with Crippen molar-refractivity contribution < 1.29 is 0 Å². The molecule has 2 aromatic rings. The second-order valence-corrected chi connectivity index (χ2v) is 5.15. The summed E-state index contributed by atoms with van der Waals surface area (Å²) in [6.07, 6.45) is 3.64. The van der Waals surface area contributed by atoms with E-state index in [0.717, 1.165) is 30.2 Å². The fourth-order valence-corrected chi connectivity index (χ4v) is 2.65. The van der Waals surface area contributed by atoms with E-state index in [1.807, 2.05) is 31.5 Å². The molecule has 2 heterocycles. The predicted octanol–water partition coefficient (Wildman–Crippen LogP) is 3.86. The van der Waals surface area contributed by atoms with E-state index in [4.69, 9.17) is 16.6 Å². The summed E-state index contributed by atoms with van der Waals surface area (Å²) >= 11 is 6.12. The van der Waals surface area contributed by atoms with Gasteiger partial charge in [-0.25, -0.2) is 4.98 Å². The topological polar surface area (TPSA) is 29.0 Å². The Morgan fingerprint density at radius 3 is 2.50 bits per heavy atom. The minimum atomic E-state index is 0.487. The Balaban J connectivity index is 2.36. The molecule has 106 valence electrons. The van der Waals surface area contributed by atoms with Crippen LogP contribution in [0.3, 0.4) is 0 Å². The summed E-state index contributed by atoms with van der Waals surface area (Å²) in [5, 5.41) is 0. The van der Waals surface area contributed by atoms with Crippen molar-refractivity contribution in [1.29, 1.82) is 0 Å². The number of rotatable bonds is 5. The van der Waals surface area contributed by atoms with Crippen molar-refractivity contribution in [1.82, 2.24) is 9.97 Å². The molecular weight excluding hydrogens is 270 g/mol. The Bertz CT molecular complexity index is 569. The number of hydrogen-bond donors (Lipinski definition) is 0. The van der Waals surface area contributed by atoms with Crippen LogP contribution in [0.15, 0.2) is 30.6 Å². The summed E-state index contributed by atoms with van der Waals surface area (Å²) in [6.45, 7) is 7.96. The SMILES string of the molecule is CCN(Cc1ccncc1)c1nc(C)cc(C)c1CCl. The largest absolute Gasteiger partial charge is 0.352 e. The molecule has 0 aliphatic heterocycles. The van der Waals surface area contributed by atoms with Gasteiger partial charge in [0, 0.05) is 36.7 Å². The zero-order valence-corrected chi connectivity index (χ0v) is 13.0. The highest BCUT2D eigenvalue weighted by Crippen LogP contribution is 2.25. The van der Waals surface area contributed by atoms with E-state index in [9.17, 15) is 0 Å². The third-order valence-electron chi connectivity index (χ3n) is 3.39. The molecule has 20 heavy (non-hydrogen) atoms. The first-order valence-corrected chi connectivity index (χ1v) is 7.36. The van der Waals surface area contributed by atoms with Gasteiger partial charge in [0.1, 0.15) is 5.82 Å². The van der Waals surface area contributed by atoms with Crippen LogP contribution in [-0.4, -0.2) is 16.5 Å². The van der Waals surface area contributed by atoms with Crippen molar-refractivity contribution in [3.05, 3.63) is 53.0 Å².